The van der Waals surface area contributed by atoms with E-state index in [1.807, 2.05) is 19.0 Å². The van der Waals surface area contributed by atoms with Gasteiger partial charge in [-0.3, -0.25) is 33.6 Å². The minimum absolute atomic E-state index is 0.0103. The summed E-state index contributed by atoms with van der Waals surface area (Å²) in [5, 5.41) is 20.4. The first kappa shape index (κ1) is 44.0. The zero-order chi connectivity index (χ0) is 43.5. The van der Waals surface area contributed by atoms with Crippen molar-refractivity contribution in [2.45, 2.75) is 19.3 Å². The van der Waals surface area contributed by atoms with Gasteiger partial charge in [-0.1, -0.05) is 0 Å². The van der Waals surface area contributed by atoms with Crippen LogP contribution in [0.25, 0.3) is 0 Å². The first-order valence-corrected chi connectivity index (χ1v) is 19.5. The van der Waals surface area contributed by atoms with Crippen LogP contribution >= 0.6 is 11.3 Å². The van der Waals surface area contributed by atoms with Crippen molar-refractivity contribution < 1.29 is 33.6 Å². The lowest BCUT2D eigenvalue weighted by Crippen LogP contribution is -2.32. The first-order valence-electron chi connectivity index (χ1n) is 18.6. The molecule has 0 radical (unpaired) electrons. The highest BCUT2D eigenvalue weighted by Crippen LogP contribution is 2.17. The molecule has 0 bridgehead atoms. The summed E-state index contributed by atoms with van der Waals surface area (Å²) in [6, 6.07) is 4.54. The molecule has 0 spiro atoms. The second-order valence-electron chi connectivity index (χ2n) is 13.8. The quantitative estimate of drug-likeness (QED) is 0.0577. The molecule has 0 aliphatic heterocycles. The van der Waals surface area contributed by atoms with E-state index in [1.54, 1.807) is 44.3 Å². The fourth-order valence-corrected chi connectivity index (χ4v) is 6.27. The summed E-state index contributed by atoms with van der Waals surface area (Å²) in [6.45, 7) is 1.52. The molecule has 0 fully saturated rings. The smallest absolute Gasteiger partial charge is 0.292 e. The fraction of sp³-hybridized carbons (Fsp3) is 0.351. The molecule has 5 aromatic heterocycles. The molecule has 0 aromatic carbocycles. The van der Waals surface area contributed by atoms with Crippen molar-refractivity contribution >= 4 is 75.8 Å². The van der Waals surface area contributed by atoms with Gasteiger partial charge in [0.15, 0.2) is 11.6 Å². The maximum Gasteiger partial charge on any atom is 0.292 e. The highest BCUT2D eigenvalue weighted by molar-refractivity contribution is 7.07. The number of carbonyl (C=O) groups is 7. The lowest BCUT2D eigenvalue weighted by molar-refractivity contribution is -0.121. The Labute approximate surface area is 348 Å². The standard InChI is InChI=1S/C37H47N15O7S/c1-48(2)15-7-12-38-29(53)10-13-40-35(57)25-16-22(17-49(25)3)42-36(58)31-44-26(18-50(31)4)43-30(54)11-14-39-34(56)24-8-9-28(52(24)6)47-37(59)32-45-27(19-51(32)5)46-33(55)23-20-60-21-41-23/h8-9,16-21H,7,10-15H2,1-6H3,(H,38,53)(H,39,56)(H,40,57)(H,42,58)(H,43,54)(H,46,55)(H,47,59). The number of hydrogen-bond donors (Lipinski definition) is 7. The topological polar surface area (TPSA) is 265 Å². The maximum absolute atomic E-state index is 13.1. The SMILES string of the molecule is CN(C)CCCNC(=O)CCNC(=O)c1cc(NC(=O)c2nc(NC(=O)CCNC(=O)c3ccc(NC(=O)c4nc(NC(=O)c5cscn5)cn4C)n3C)cn2C)cn1C. The Hall–Kier alpha value is -7.14. The zero-order valence-electron chi connectivity index (χ0n) is 33.9. The molecule has 22 nitrogen and oxygen atoms in total. The maximum atomic E-state index is 13.1. The minimum atomic E-state index is -0.590. The van der Waals surface area contributed by atoms with Gasteiger partial charge < -0.3 is 60.4 Å². The molecule has 7 amide bonds. The van der Waals surface area contributed by atoms with E-state index >= 15 is 0 Å². The van der Waals surface area contributed by atoms with Gasteiger partial charge in [0.25, 0.3) is 29.5 Å². The number of amides is 7. The summed E-state index contributed by atoms with van der Waals surface area (Å²) in [7, 11) is 10.3. The van der Waals surface area contributed by atoms with Crippen LogP contribution < -0.4 is 37.2 Å². The second-order valence-corrected chi connectivity index (χ2v) is 14.5. The first-order chi connectivity index (χ1) is 28.6. The van der Waals surface area contributed by atoms with E-state index in [2.05, 4.69) is 52.2 Å². The van der Waals surface area contributed by atoms with Crippen LogP contribution in [0.5, 0.6) is 0 Å². The summed E-state index contributed by atoms with van der Waals surface area (Å²) in [5.41, 5.74) is 2.56. The molecule has 0 saturated heterocycles. The molecule has 5 aromatic rings. The second kappa shape index (κ2) is 20.0. The molecule has 318 valence electrons. The molecule has 60 heavy (non-hydrogen) atoms. The summed E-state index contributed by atoms with van der Waals surface area (Å²) in [6.07, 6.45) is 5.33. The molecule has 23 heteroatoms. The van der Waals surface area contributed by atoms with Crippen LogP contribution in [-0.2, 0) is 37.8 Å². The molecule has 0 saturated carbocycles. The van der Waals surface area contributed by atoms with Crippen molar-refractivity contribution in [3.05, 3.63) is 76.4 Å². The average Bonchev–Trinajstić information content (AvgIpc) is 4.03. The Kier molecular flexibility index (Phi) is 14.7. The normalized spacial score (nSPS) is 10.9. The fourth-order valence-electron chi connectivity index (χ4n) is 5.74. The van der Waals surface area contributed by atoms with Crippen molar-refractivity contribution in [2.24, 2.45) is 28.2 Å². The number of imidazole rings is 2. The van der Waals surface area contributed by atoms with Crippen molar-refractivity contribution in [2.75, 3.05) is 61.5 Å². The predicted molar refractivity (Wildman–Crippen MR) is 222 cm³/mol. The van der Waals surface area contributed by atoms with Gasteiger partial charge >= 0.3 is 0 Å². The molecule has 5 rings (SSSR count). The number of carbonyl (C=O) groups excluding carboxylic acids is 7. The van der Waals surface area contributed by atoms with E-state index in [0.717, 1.165) is 13.0 Å². The molecular formula is C37H47N15O7S. The summed E-state index contributed by atoms with van der Waals surface area (Å²) >= 11 is 1.27. The summed E-state index contributed by atoms with van der Waals surface area (Å²) in [5.74, 6) is -2.62. The lowest BCUT2D eigenvalue weighted by Gasteiger charge is -2.10. The van der Waals surface area contributed by atoms with Crippen LogP contribution in [0.4, 0.5) is 23.1 Å². The van der Waals surface area contributed by atoms with Crippen molar-refractivity contribution in [3.8, 4) is 0 Å². The van der Waals surface area contributed by atoms with Crippen LogP contribution in [0.1, 0.15) is 72.0 Å². The van der Waals surface area contributed by atoms with Crippen LogP contribution in [0.2, 0.25) is 0 Å². The number of hydrogen-bond acceptors (Lipinski definition) is 12. The molecule has 0 aliphatic carbocycles. The van der Waals surface area contributed by atoms with Crippen LogP contribution in [-0.4, -0.2) is 120 Å². The molecular weight excluding hydrogens is 799 g/mol. The minimum Gasteiger partial charge on any atom is -0.356 e. The van der Waals surface area contributed by atoms with Gasteiger partial charge in [-0.2, -0.15) is 0 Å². The molecule has 7 N–H and O–H groups in total. The van der Waals surface area contributed by atoms with Gasteiger partial charge in [0, 0.05) is 84.6 Å². The van der Waals surface area contributed by atoms with Gasteiger partial charge in [-0.25, -0.2) is 15.0 Å². The van der Waals surface area contributed by atoms with E-state index < -0.39 is 35.4 Å². The van der Waals surface area contributed by atoms with E-state index in [-0.39, 0.29) is 72.2 Å². The molecule has 0 unspecified atom stereocenters. The van der Waals surface area contributed by atoms with E-state index in [0.29, 0.717) is 18.1 Å². The van der Waals surface area contributed by atoms with Crippen LogP contribution in [0.15, 0.2) is 47.7 Å². The third kappa shape index (κ3) is 11.7. The number of aryl methyl sites for hydroxylation is 3. The zero-order valence-corrected chi connectivity index (χ0v) is 34.7. The number of aromatic nitrogens is 7. The highest BCUT2D eigenvalue weighted by Gasteiger charge is 2.21. The largest absolute Gasteiger partial charge is 0.356 e. The Morgan fingerprint density at radius 3 is 1.90 bits per heavy atom. The van der Waals surface area contributed by atoms with Crippen molar-refractivity contribution in [1.29, 1.82) is 0 Å². The van der Waals surface area contributed by atoms with Gasteiger partial charge in [0.05, 0.1) is 11.2 Å². The number of anilines is 4. The lowest BCUT2D eigenvalue weighted by atomic mass is 10.3. The van der Waals surface area contributed by atoms with Crippen molar-refractivity contribution in [3.63, 3.8) is 0 Å². The van der Waals surface area contributed by atoms with E-state index in [9.17, 15) is 33.6 Å². The Balaban J connectivity index is 1.05. The number of nitrogens with one attached hydrogen (secondary N) is 7. The van der Waals surface area contributed by atoms with Gasteiger partial charge in [-0.15, -0.1) is 11.3 Å². The summed E-state index contributed by atoms with van der Waals surface area (Å²) in [4.78, 5) is 103. The van der Waals surface area contributed by atoms with Crippen molar-refractivity contribution in [1.82, 2.24) is 54.1 Å². The third-order valence-electron chi connectivity index (χ3n) is 8.80. The monoisotopic (exact) mass is 845 g/mol. The van der Waals surface area contributed by atoms with Gasteiger partial charge in [-0.05, 0) is 45.3 Å². The van der Waals surface area contributed by atoms with E-state index in [1.165, 1.54) is 61.1 Å². The van der Waals surface area contributed by atoms with E-state index in [4.69, 9.17) is 0 Å². The van der Waals surface area contributed by atoms with Crippen LogP contribution in [0.3, 0.4) is 0 Å². The highest BCUT2D eigenvalue weighted by atomic mass is 32.1. The molecule has 0 atom stereocenters. The Morgan fingerprint density at radius 2 is 1.27 bits per heavy atom. The number of thiazole rings is 1. The van der Waals surface area contributed by atoms with Gasteiger partial charge in [0.1, 0.15) is 22.9 Å². The number of rotatable bonds is 19. The Morgan fingerprint density at radius 1 is 0.650 bits per heavy atom. The Bertz CT molecular complexity index is 2370. The third-order valence-corrected chi connectivity index (χ3v) is 9.39. The molecule has 5 heterocycles. The number of nitrogens with zero attached hydrogens (tertiary/aromatic N) is 8. The predicted octanol–water partition coefficient (Wildman–Crippen LogP) is 0.990. The molecule has 0 aliphatic rings. The summed E-state index contributed by atoms with van der Waals surface area (Å²) < 4.78 is 5.87. The average molecular weight is 846 g/mol. The van der Waals surface area contributed by atoms with Crippen LogP contribution in [0, 0.1) is 0 Å². The van der Waals surface area contributed by atoms with Gasteiger partial charge in [0.2, 0.25) is 23.5 Å².